The molecule has 1 aromatic heterocycles. The molecule has 5 nitrogen and oxygen atoms in total. The van der Waals surface area contributed by atoms with Crippen molar-refractivity contribution in [2.24, 2.45) is 0 Å². The number of aromatic amines is 1. The molecular formula is C10H17N3O2S2. The summed E-state index contributed by atoms with van der Waals surface area (Å²) in [4.78, 5) is 6.74. The number of aromatic nitrogens is 2. The fourth-order valence-electron chi connectivity index (χ4n) is 1.85. The summed E-state index contributed by atoms with van der Waals surface area (Å²) in [6.45, 7) is 6.98. The summed E-state index contributed by atoms with van der Waals surface area (Å²) in [5, 5.41) is 0.192. The van der Waals surface area contributed by atoms with Crippen LogP contribution in [-0.4, -0.2) is 46.3 Å². The quantitative estimate of drug-likeness (QED) is 0.881. The highest BCUT2D eigenvalue weighted by Crippen LogP contribution is 2.31. The van der Waals surface area contributed by atoms with Gasteiger partial charge in [-0.05, 0) is 20.8 Å². The molecule has 1 aromatic rings. The second-order valence-electron chi connectivity index (χ2n) is 4.78. The molecule has 0 aliphatic carbocycles. The van der Waals surface area contributed by atoms with Crippen LogP contribution in [0.2, 0.25) is 0 Å². The van der Waals surface area contributed by atoms with Crippen LogP contribution in [-0.2, 0) is 10.0 Å². The highest BCUT2D eigenvalue weighted by molar-refractivity contribution is 8.00. The number of nitrogens with zero attached hydrogens (tertiary/aromatic N) is 2. The first-order valence-electron chi connectivity index (χ1n) is 5.47. The predicted octanol–water partition coefficient (Wildman–Crippen LogP) is 1.23. The zero-order chi connectivity index (χ0) is 12.7. The SMILES string of the molecule is Cc1ncc(S(=O)(=O)N2CCSC(C)(C)C2)[nH]1. The Morgan fingerprint density at radius 1 is 1.53 bits per heavy atom. The second kappa shape index (κ2) is 4.29. The maximum Gasteiger partial charge on any atom is 0.260 e. The molecule has 1 aliphatic heterocycles. The lowest BCUT2D eigenvalue weighted by molar-refractivity contribution is 0.386. The lowest BCUT2D eigenvalue weighted by atomic mass is 10.2. The standard InChI is InChI=1S/C10H17N3O2S2/c1-8-11-6-9(12-8)17(14,15)13-4-5-16-10(2,3)7-13/h6H,4-5,7H2,1-3H3,(H,11,12). The average Bonchev–Trinajstić information content (AvgIpc) is 2.64. The molecule has 96 valence electrons. The van der Waals surface area contributed by atoms with E-state index in [2.05, 4.69) is 23.8 Å². The van der Waals surface area contributed by atoms with E-state index in [4.69, 9.17) is 0 Å². The Bertz CT molecular complexity index is 507. The first-order chi connectivity index (χ1) is 7.81. The summed E-state index contributed by atoms with van der Waals surface area (Å²) in [7, 11) is -3.41. The molecule has 0 unspecified atom stereocenters. The van der Waals surface area contributed by atoms with Crippen LogP contribution >= 0.6 is 11.8 Å². The normalized spacial score (nSPS) is 21.6. The Morgan fingerprint density at radius 3 is 2.76 bits per heavy atom. The van der Waals surface area contributed by atoms with E-state index in [0.717, 1.165) is 5.75 Å². The molecule has 0 saturated carbocycles. The van der Waals surface area contributed by atoms with E-state index in [1.54, 1.807) is 6.92 Å². The highest BCUT2D eigenvalue weighted by Gasteiger charge is 2.35. The number of rotatable bonds is 2. The van der Waals surface area contributed by atoms with E-state index in [1.807, 2.05) is 11.8 Å². The number of hydrogen-bond acceptors (Lipinski definition) is 4. The minimum Gasteiger partial charge on any atom is -0.332 e. The molecule has 0 spiro atoms. The van der Waals surface area contributed by atoms with Crippen molar-refractivity contribution in [3.8, 4) is 0 Å². The van der Waals surface area contributed by atoms with E-state index < -0.39 is 10.0 Å². The van der Waals surface area contributed by atoms with Crippen molar-refractivity contribution in [1.82, 2.24) is 14.3 Å². The van der Waals surface area contributed by atoms with Gasteiger partial charge in [0.1, 0.15) is 5.82 Å². The molecule has 2 heterocycles. The van der Waals surface area contributed by atoms with Gasteiger partial charge in [-0.15, -0.1) is 0 Å². The third-order valence-corrected chi connectivity index (χ3v) is 5.74. The number of aryl methyl sites for hydroxylation is 1. The summed E-state index contributed by atoms with van der Waals surface area (Å²) in [5.74, 6) is 1.45. The van der Waals surface area contributed by atoms with Crippen LogP contribution in [0.3, 0.4) is 0 Å². The van der Waals surface area contributed by atoms with Crippen LogP contribution in [0.1, 0.15) is 19.7 Å². The molecule has 1 aliphatic rings. The number of thioether (sulfide) groups is 1. The molecule has 0 aromatic carbocycles. The maximum atomic E-state index is 12.3. The molecule has 2 rings (SSSR count). The molecule has 1 saturated heterocycles. The number of nitrogens with one attached hydrogen (secondary N) is 1. The predicted molar refractivity (Wildman–Crippen MR) is 68.6 cm³/mol. The van der Waals surface area contributed by atoms with Crippen LogP contribution < -0.4 is 0 Å². The smallest absolute Gasteiger partial charge is 0.260 e. The lowest BCUT2D eigenvalue weighted by Gasteiger charge is -2.36. The second-order valence-corrected chi connectivity index (χ2v) is 8.49. The van der Waals surface area contributed by atoms with Crippen LogP contribution in [0.4, 0.5) is 0 Å². The molecule has 0 radical (unpaired) electrons. The third-order valence-electron chi connectivity index (χ3n) is 2.69. The molecular weight excluding hydrogens is 258 g/mol. The van der Waals surface area contributed by atoms with Crippen molar-refractivity contribution in [2.75, 3.05) is 18.8 Å². The van der Waals surface area contributed by atoms with Gasteiger partial charge in [0.15, 0.2) is 5.03 Å². The van der Waals surface area contributed by atoms with Crippen LogP contribution in [0, 0.1) is 6.92 Å². The maximum absolute atomic E-state index is 12.3. The first kappa shape index (κ1) is 12.9. The van der Waals surface area contributed by atoms with E-state index in [0.29, 0.717) is 18.9 Å². The Labute approximate surface area is 106 Å². The van der Waals surface area contributed by atoms with Gasteiger partial charge in [0, 0.05) is 23.6 Å². The molecule has 1 fully saturated rings. The van der Waals surface area contributed by atoms with E-state index in [9.17, 15) is 8.42 Å². The summed E-state index contributed by atoms with van der Waals surface area (Å²) >= 11 is 1.81. The van der Waals surface area contributed by atoms with Gasteiger partial charge in [-0.1, -0.05) is 0 Å². The highest BCUT2D eigenvalue weighted by atomic mass is 32.2. The summed E-state index contributed by atoms with van der Waals surface area (Å²) in [6.07, 6.45) is 1.39. The van der Waals surface area contributed by atoms with Crippen molar-refractivity contribution >= 4 is 21.8 Å². The third kappa shape index (κ3) is 2.66. The fourth-order valence-corrected chi connectivity index (χ4v) is 4.72. The van der Waals surface area contributed by atoms with Crippen LogP contribution in [0.5, 0.6) is 0 Å². The van der Waals surface area contributed by atoms with Crippen molar-refractivity contribution in [3.05, 3.63) is 12.0 Å². The zero-order valence-electron chi connectivity index (χ0n) is 10.2. The van der Waals surface area contributed by atoms with Gasteiger partial charge in [0.25, 0.3) is 10.0 Å². The van der Waals surface area contributed by atoms with Gasteiger partial charge < -0.3 is 4.98 Å². The van der Waals surface area contributed by atoms with Gasteiger partial charge in [-0.2, -0.15) is 16.1 Å². The number of H-pyrrole nitrogens is 1. The molecule has 7 heteroatoms. The summed E-state index contributed by atoms with van der Waals surface area (Å²) in [6, 6.07) is 0. The molecule has 0 amide bonds. The Balaban J connectivity index is 2.27. The van der Waals surface area contributed by atoms with Gasteiger partial charge >= 0.3 is 0 Å². The van der Waals surface area contributed by atoms with Crippen LogP contribution in [0.15, 0.2) is 11.2 Å². The van der Waals surface area contributed by atoms with E-state index >= 15 is 0 Å². The van der Waals surface area contributed by atoms with Crippen molar-refractivity contribution in [1.29, 1.82) is 0 Å². The molecule has 0 bridgehead atoms. The van der Waals surface area contributed by atoms with Gasteiger partial charge in [0.05, 0.1) is 6.20 Å². The Morgan fingerprint density at radius 2 is 2.24 bits per heavy atom. The van der Waals surface area contributed by atoms with Crippen LogP contribution in [0.25, 0.3) is 0 Å². The fraction of sp³-hybridized carbons (Fsp3) is 0.700. The number of imidazole rings is 1. The topological polar surface area (TPSA) is 66.1 Å². The zero-order valence-corrected chi connectivity index (χ0v) is 11.9. The van der Waals surface area contributed by atoms with Crippen molar-refractivity contribution in [2.45, 2.75) is 30.5 Å². The van der Waals surface area contributed by atoms with E-state index in [1.165, 1.54) is 10.5 Å². The molecule has 0 atom stereocenters. The average molecular weight is 275 g/mol. The Hall–Kier alpha value is -0.530. The van der Waals surface area contributed by atoms with Crippen molar-refractivity contribution in [3.63, 3.8) is 0 Å². The minimum absolute atomic E-state index is 0.0274. The largest absolute Gasteiger partial charge is 0.332 e. The van der Waals surface area contributed by atoms with Gasteiger partial charge in [-0.3, -0.25) is 0 Å². The number of hydrogen-bond donors (Lipinski definition) is 1. The van der Waals surface area contributed by atoms with Crippen molar-refractivity contribution < 1.29 is 8.42 Å². The molecule has 17 heavy (non-hydrogen) atoms. The summed E-state index contributed by atoms with van der Waals surface area (Å²) in [5.41, 5.74) is 0. The Kier molecular flexibility index (Phi) is 3.26. The lowest BCUT2D eigenvalue weighted by Crippen LogP contribution is -2.46. The monoisotopic (exact) mass is 275 g/mol. The first-order valence-corrected chi connectivity index (χ1v) is 7.89. The van der Waals surface area contributed by atoms with E-state index in [-0.39, 0.29) is 9.77 Å². The minimum atomic E-state index is -3.41. The summed E-state index contributed by atoms with van der Waals surface area (Å²) < 4.78 is 26.2. The molecule has 1 N–H and O–H groups in total. The number of sulfonamides is 1. The van der Waals surface area contributed by atoms with Gasteiger partial charge in [0.2, 0.25) is 0 Å². The van der Waals surface area contributed by atoms with Gasteiger partial charge in [-0.25, -0.2) is 13.4 Å².